The van der Waals surface area contributed by atoms with Crippen molar-refractivity contribution >= 4 is 17.2 Å². The topological polar surface area (TPSA) is 63.4 Å². The number of nitro groups is 1. The van der Waals surface area contributed by atoms with Crippen LogP contribution in [-0.2, 0) is 0 Å². The monoisotopic (exact) mass is 274 g/mol. The van der Waals surface area contributed by atoms with Crippen molar-refractivity contribution in [1.29, 1.82) is 0 Å². The third kappa shape index (κ3) is 2.66. The summed E-state index contributed by atoms with van der Waals surface area (Å²) in [5, 5.41) is 10.9. The van der Waals surface area contributed by atoms with Crippen LogP contribution in [0, 0.1) is 16.0 Å². The van der Waals surface area contributed by atoms with Gasteiger partial charge in [-0.1, -0.05) is 0 Å². The molecule has 1 aromatic rings. The number of hydrogen-bond acceptors (Lipinski definition) is 4. The summed E-state index contributed by atoms with van der Waals surface area (Å²) in [4.78, 5) is 24.6. The number of carbonyl (C=O) groups excluding carboxylic acids is 1. The molecule has 0 saturated heterocycles. The molecule has 3 rings (SSSR count). The first kappa shape index (κ1) is 13.1. The van der Waals surface area contributed by atoms with Crippen LogP contribution in [-0.4, -0.2) is 23.3 Å². The van der Waals surface area contributed by atoms with E-state index >= 15 is 0 Å². The summed E-state index contributed by atoms with van der Waals surface area (Å²) < 4.78 is 0. The number of nitro benzene ring substituents is 1. The van der Waals surface area contributed by atoms with E-state index in [0.717, 1.165) is 31.0 Å². The molecule has 0 atom stereocenters. The van der Waals surface area contributed by atoms with Crippen molar-refractivity contribution in [3.63, 3.8) is 0 Å². The second kappa shape index (κ2) is 4.89. The van der Waals surface area contributed by atoms with E-state index < -0.39 is 4.92 Å². The van der Waals surface area contributed by atoms with Crippen molar-refractivity contribution in [2.75, 3.05) is 11.4 Å². The average molecular weight is 274 g/mol. The number of nitrogens with zero attached hydrogens (tertiary/aromatic N) is 2. The number of non-ortho nitro benzene ring substituents is 1. The predicted molar refractivity (Wildman–Crippen MR) is 76.2 cm³/mol. The number of Topliss-reactive ketones (excluding diaryl/α,β-unsaturated/α-hetero) is 1. The lowest BCUT2D eigenvalue weighted by atomic mass is 10.1. The van der Waals surface area contributed by atoms with E-state index in [1.807, 2.05) is 0 Å². The number of anilines is 1. The summed E-state index contributed by atoms with van der Waals surface area (Å²) >= 11 is 0. The van der Waals surface area contributed by atoms with Gasteiger partial charge < -0.3 is 4.90 Å². The van der Waals surface area contributed by atoms with Gasteiger partial charge in [0.2, 0.25) is 0 Å². The quantitative estimate of drug-likeness (QED) is 0.454. The zero-order valence-corrected chi connectivity index (χ0v) is 11.5. The maximum absolute atomic E-state index is 11.8. The first-order valence-electron chi connectivity index (χ1n) is 7.12. The van der Waals surface area contributed by atoms with E-state index in [9.17, 15) is 14.9 Å². The molecule has 1 aromatic carbocycles. The van der Waals surface area contributed by atoms with Crippen LogP contribution in [0.25, 0.3) is 0 Å². The third-order valence-electron chi connectivity index (χ3n) is 4.02. The Kier molecular flexibility index (Phi) is 3.20. The minimum absolute atomic E-state index is 0.0129. The average Bonchev–Trinajstić information content (AvgIpc) is 3.26. The van der Waals surface area contributed by atoms with Crippen LogP contribution in [0.1, 0.15) is 43.0 Å². The highest BCUT2D eigenvalue weighted by Gasteiger charge is 2.35. The molecule has 5 nitrogen and oxygen atoms in total. The number of carbonyl (C=O) groups is 1. The van der Waals surface area contributed by atoms with Crippen molar-refractivity contribution < 1.29 is 9.72 Å². The SMILES string of the molecule is CC(=O)c1cc([N+](=O)[O-])ccc1N(CC1CC1)C1CC1. The van der Waals surface area contributed by atoms with E-state index in [0.29, 0.717) is 11.6 Å². The summed E-state index contributed by atoms with van der Waals surface area (Å²) in [6, 6.07) is 5.18. The molecule has 0 bridgehead atoms. The minimum atomic E-state index is -0.446. The first-order valence-corrected chi connectivity index (χ1v) is 7.12. The number of ketones is 1. The van der Waals surface area contributed by atoms with E-state index in [1.54, 1.807) is 6.07 Å². The molecule has 2 fully saturated rings. The summed E-state index contributed by atoms with van der Waals surface area (Å²) in [6.07, 6.45) is 4.82. The highest BCUT2D eigenvalue weighted by Crippen LogP contribution is 2.39. The third-order valence-corrected chi connectivity index (χ3v) is 4.02. The molecule has 0 amide bonds. The van der Waals surface area contributed by atoms with Gasteiger partial charge in [0.25, 0.3) is 5.69 Å². The van der Waals surface area contributed by atoms with Crippen molar-refractivity contribution in [1.82, 2.24) is 0 Å². The van der Waals surface area contributed by atoms with Crippen molar-refractivity contribution in [2.45, 2.75) is 38.6 Å². The Morgan fingerprint density at radius 1 is 1.35 bits per heavy atom. The van der Waals surface area contributed by atoms with Gasteiger partial charge in [-0.2, -0.15) is 0 Å². The lowest BCUT2D eigenvalue weighted by Crippen LogP contribution is -2.29. The second-order valence-electron chi connectivity index (χ2n) is 5.84. The molecule has 20 heavy (non-hydrogen) atoms. The lowest BCUT2D eigenvalue weighted by Gasteiger charge is -2.26. The fourth-order valence-corrected chi connectivity index (χ4v) is 2.58. The normalized spacial score (nSPS) is 17.9. The molecule has 5 heteroatoms. The van der Waals surface area contributed by atoms with Crippen LogP contribution < -0.4 is 4.90 Å². The van der Waals surface area contributed by atoms with Crippen molar-refractivity contribution in [3.8, 4) is 0 Å². The van der Waals surface area contributed by atoms with Gasteiger partial charge in [0, 0.05) is 36.0 Å². The first-order chi connectivity index (χ1) is 9.56. The number of hydrogen-bond donors (Lipinski definition) is 0. The molecule has 0 unspecified atom stereocenters. The van der Waals surface area contributed by atoms with Gasteiger partial charge in [-0.05, 0) is 44.6 Å². The second-order valence-corrected chi connectivity index (χ2v) is 5.84. The predicted octanol–water partition coefficient (Wildman–Crippen LogP) is 3.18. The molecule has 0 heterocycles. The molecule has 106 valence electrons. The lowest BCUT2D eigenvalue weighted by molar-refractivity contribution is -0.384. The van der Waals surface area contributed by atoms with Gasteiger partial charge in [-0.25, -0.2) is 0 Å². The Bertz CT molecular complexity index is 562. The standard InChI is InChI=1S/C15H18N2O3/c1-10(18)14-8-13(17(19)20)6-7-15(14)16(12-4-5-12)9-11-2-3-11/h6-8,11-12H,2-5,9H2,1H3. The van der Waals surface area contributed by atoms with Crippen LogP contribution in [0.4, 0.5) is 11.4 Å². The summed E-state index contributed by atoms with van der Waals surface area (Å²) in [7, 11) is 0. The van der Waals surface area contributed by atoms with E-state index in [1.165, 1.54) is 31.9 Å². The fourth-order valence-electron chi connectivity index (χ4n) is 2.58. The molecular weight excluding hydrogens is 256 g/mol. The number of rotatable bonds is 6. The van der Waals surface area contributed by atoms with Crippen LogP contribution in [0.5, 0.6) is 0 Å². The molecule has 0 N–H and O–H groups in total. The van der Waals surface area contributed by atoms with Crippen LogP contribution >= 0.6 is 0 Å². The maximum atomic E-state index is 11.8. The van der Waals surface area contributed by atoms with Crippen molar-refractivity contribution in [3.05, 3.63) is 33.9 Å². The Morgan fingerprint density at radius 2 is 2.05 bits per heavy atom. The Hall–Kier alpha value is -1.91. The van der Waals surface area contributed by atoms with Crippen LogP contribution in [0.15, 0.2) is 18.2 Å². The summed E-state index contributed by atoms with van der Waals surface area (Å²) in [5.41, 5.74) is 1.34. The Balaban J connectivity index is 1.96. The molecule has 2 aliphatic rings. The number of benzene rings is 1. The molecule has 0 aliphatic heterocycles. The van der Waals surface area contributed by atoms with Crippen molar-refractivity contribution in [2.24, 2.45) is 5.92 Å². The zero-order chi connectivity index (χ0) is 14.3. The summed E-state index contributed by atoms with van der Waals surface area (Å²) in [5.74, 6) is 0.621. The molecule has 0 aromatic heterocycles. The van der Waals surface area contributed by atoms with Gasteiger partial charge in [0.05, 0.1) is 4.92 Å². The highest BCUT2D eigenvalue weighted by atomic mass is 16.6. The smallest absolute Gasteiger partial charge is 0.270 e. The molecule has 0 radical (unpaired) electrons. The van der Waals surface area contributed by atoms with Crippen LogP contribution in [0.2, 0.25) is 0 Å². The molecular formula is C15H18N2O3. The molecule has 2 saturated carbocycles. The van der Waals surface area contributed by atoms with Crippen LogP contribution in [0.3, 0.4) is 0 Å². The maximum Gasteiger partial charge on any atom is 0.270 e. The van der Waals surface area contributed by atoms with E-state index in [-0.39, 0.29) is 11.5 Å². The summed E-state index contributed by atoms with van der Waals surface area (Å²) in [6.45, 7) is 2.45. The van der Waals surface area contributed by atoms with Gasteiger partial charge in [0.15, 0.2) is 5.78 Å². The Morgan fingerprint density at radius 3 is 2.55 bits per heavy atom. The van der Waals surface area contributed by atoms with E-state index in [2.05, 4.69) is 4.90 Å². The zero-order valence-electron chi connectivity index (χ0n) is 11.5. The largest absolute Gasteiger partial charge is 0.368 e. The van der Waals surface area contributed by atoms with Gasteiger partial charge in [-0.3, -0.25) is 14.9 Å². The molecule has 0 spiro atoms. The van der Waals surface area contributed by atoms with E-state index in [4.69, 9.17) is 0 Å². The van der Waals surface area contributed by atoms with Gasteiger partial charge >= 0.3 is 0 Å². The van der Waals surface area contributed by atoms with Gasteiger partial charge in [0.1, 0.15) is 0 Å². The molecule has 2 aliphatic carbocycles. The Labute approximate surface area is 117 Å². The fraction of sp³-hybridized carbons (Fsp3) is 0.533. The highest BCUT2D eigenvalue weighted by molar-refractivity contribution is 6.00. The van der Waals surface area contributed by atoms with Gasteiger partial charge in [-0.15, -0.1) is 0 Å². The minimum Gasteiger partial charge on any atom is -0.368 e.